The highest BCUT2D eigenvalue weighted by atomic mass is 32.2. The molecule has 0 bridgehead atoms. The summed E-state index contributed by atoms with van der Waals surface area (Å²) in [7, 11) is -1.71. The van der Waals surface area contributed by atoms with Crippen LogP contribution in [0.5, 0.6) is 0 Å². The van der Waals surface area contributed by atoms with Gasteiger partial charge in [-0.3, -0.25) is 0 Å². The molecule has 2 fully saturated rings. The van der Waals surface area contributed by atoms with Crippen molar-refractivity contribution in [3.63, 3.8) is 0 Å². The predicted molar refractivity (Wildman–Crippen MR) is 86.0 cm³/mol. The summed E-state index contributed by atoms with van der Waals surface area (Å²) >= 11 is 0. The van der Waals surface area contributed by atoms with Gasteiger partial charge in [0.25, 0.3) is 0 Å². The molecular weight excluding hydrogens is 392 g/mol. The summed E-state index contributed by atoms with van der Waals surface area (Å²) in [6, 6.07) is 0. The van der Waals surface area contributed by atoms with Gasteiger partial charge in [0.05, 0.1) is 11.5 Å². The van der Waals surface area contributed by atoms with Crippen molar-refractivity contribution in [3.05, 3.63) is 0 Å². The Kier molecular flexibility index (Phi) is 7.54. The quantitative estimate of drug-likeness (QED) is 0.242. The molecule has 12 nitrogen and oxygen atoms in total. The Morgan fingerprint density at radius 1 is 0.667 bits per heavy atom. The van der Waals surface area contributed by atoms with E-state index in [9.17, 15) is 39.1 Å². The second kappa shape index (κ2) is 8.92. The Morgan fingerprint density at radius 2 is 1.00 bits per heavy atom. The monoisotopic (exact) mass is 418 g/mol. The number of aliphatic hydroxyl groups excluding tert-OH is 6. The molecular formula is C14H26O12S. The first-order chi connectivity index (χ1) is 12.5. The lowest BCUT2D eigenvalue weighted by Crippen LogP contribution is -2.61. The molecule has 0 aliphatic carbocycles. The van der Waals surface area contributed by atoms with Crippen LogP contribution in [0.2, 0.25) is 0 Å². The first kappa shape index (κ1) is 22.8. The summed E-state index contributed by atoms with van der Waals surface area (Å²) in [6.45, 7) is 0. The van der Waals surface area contributed by atoms with E-state index in [0.717, 1.165) is 0 Å². The van der Waals surface area contributed by atoms with Crippen LogP contribution in [-0.4, -0.2) is 126 Å². The highest BCUT2D eigenvalue weighted by Gasteiger charge is 2.48. The minimum absolute atomic E-state index is 0.777. The van der Waals surface area contributed by atoms with E-state index in [1.54, 1.807) is 0 Å². The van der Waals surface area contributed by atoms with Crippen LogP contribution in [0, 0.1) is 0 Å². The number of sulfone groups is 1. The van der Waals surface area contributed by atoms with Crippen LogP contribution >= 0.6 is 0 Å². The third-order valence-corrected chi connectivity index (χ3v) is 6.31. The van der Waals surface area contributed by atoms with Crippen LogP contribution in [0.1, 0.15) is 0 Å². The zero-order valence-electron chi connectivity index (χ0n) is 14.7. The van der Waals surface area contributed by atoms with Crippen molar-refractivity contribution in [2.75, 3.05) is 25.7 Å². The van der Waals surface area contributed by atoms with Crippen molar-refractivity contribution in [1.29, 1.82) is 0 Å². The highest BCUT2D eigenvalue weighted by molar-refractivity contribution is 7.91. The molecule has 2 aliphatic heterocycles. The molecule has 10 atom stereocenters. The van der Waals surface area contributed by atoms with E-state index in [0.29, 0.717) is 0 Å². The zero-order valence-corrected chi connectivity index (χ0v) is 15.5. The number of ether oxygens (including phenoxy) is 4. The van der Waals surface area contributed by atoms with Crippen LogP contribution in [0.3, 0.4) is 0 Å². The molecule has 0 spiro atoms. The molecule has 13 heteroatoms. The standard InChI is InChI=1S/C14H26O12S/c1-23-13-11(19)9(17)7(15)5(25-13)3-27(21,22)4-6-8(16)10(18)12(20)14(24-2)26-6/h5-20H,3-4H2,1-2H3/t5-,6-,7-,8-,9-,10-,11-,12-,13-,14-/m1/s1. The van der Waals surface area contributed by atoms with E-state index in [2.05, 4.69) is 0 Å². The van der Waals surface area contributed by atoms with E-state index in [4.69, 9.17) is 18.9 Å². The van der Waals surface area contributed by atoms with Crippen LogP contribution < -0.4 is 0 Å². The van der Waals surface area contributed by atoms with Crippen molar-refractivity contribution >= 4 is 9.84 Å². The molecule has 0 unspecified atom stereocenters. The van der Waals surface area contributed by atoms with Crippen LogP contribution in [0.25, 0.3) is 0 Å². The number of hydrogen-bond acceptors (Lipinski definition) is 12. The molecule has 6 N–H and O–H groups in total. The van der Waals surface area contributed by atoms with Gasteiger partial charge >= 0.3 is 0 Å². The third kappa shape index (κ3) is 4.94. The molecule has 0 aromatic heterocycles. The maximum Gasteiger partial charge on any atom is 0.186 e. The lowest BCUT2D eigenvalue weighted by Gasteiger charge is -2.41. The first-order valence-corrected chi connectivity index (χ1v) is 10.00. The predicted octanol–water partition coefficient (Wildman–Crippen LogP) is -4.69. The molecule has 2 heterocycles. The Balaban J connectivity index is 2.07. The Bertz CT molecular complexity index is 537. The van der Waals surface area contributed by atoms with Gasteiger partial charge in [0, 0.05) is 14.2 Å². The first-order valence-electron chi connectivity index (χ1n) is 8.17. The van der Waals surface area contributed by atoms with E-state index in [1.807, 2.05) is 0 Å². The van der Waals surface area contributed by atoms with Gasteiger partial charge in [-0.05, 0) is 0 Å². The molecule has 0 aromatic carbocycles. The smallest absolute Gasteiger partial charge is 0.186 e. The third-order valence-electron chi connectivity index (χ3n) is 4.64. The SMILES string of the molecule is CO[C@@H]1O[C@H](CS(=O)(=O)C[C@H]2O[C@@H](OC)[C@H](O)[C@H](O)[C@@H]2O)[C@@H](O)[C@@H](O)[C@H]1O. The molecule has 0 radical (unpaired) electrons. The van der Waals surface area contributed by atoms with Gasteiger partial charge in [-0.25, -0.2) is 8.42 Å². The van der Waals surface area contributed by atoms with Crippen molar-refractivity contribution in [2.45, 2.75) is 61.4 Å². The Morgan fingerprint density at radius 3 is 1.30 bits per heavy atom. The van der Waals surface area contributed by atoms with Gasteiger partial charge in [-0.1, -0.05) is 0 Å². The molecule has 2 saturated heterocycles. The second-order valence-electron chi connectivity index (χ2n) is 6.58. The van der Waals surface area contributed by atoms with Gasteiger partial charge < -0.3 is 49.6 Å². The molecule has 160 valence electrons. The van der Waals surface area contributed by atoms with Crippen molar-refractivity contribution < 1.29 is 58.0 Å². The van der Waals surface area contributed by atoms with E-state index in [-0.39, 0.29) is 0 Å². The Hall–Kier alpha value is -0.450. The van der Waals surface area contributed by atoms with Crippen LogP contribution in [-0.2, 0) is 28.8 Å². The lowest BCUT2D eigenvalue weighted by atomic mass is 10.00. The van der Waals surface area contributed by atoms with Gasteiger partial charge in [0.2, 0.25) is 0 Å². The maximum atomic E-state index is 12.5. The summed E-state index contributed by atoms with van der Waals surface area (Å²) in [6.07, 6.45) is -15.4. The minimum Gasteiger partial charge on any atom is -0.388 e. The number of hydrogen-bond donors (Lipinski definition) is 6. The minimum atomic E-state index is -4.06. The van der Waals surface area contributed by atoms with Gasteiger partial charge in [-0.15, -0.1) is 0 Å². The van der Waals surface area contributed by atoms with Gasteiger partial charge in [0.15, 0.2) is 22.4 Å². The summed E-state index contributed by atoms with van der Waals surface area (Å²) in [5, 5.41) is 59.0. The number of rotatable bonds is 6. The van der Waals surface area contributed by atoms with Crippen molar-refractivity contribution in [2.24, 2.45) is 0 Å². The normalized spacial score (nSPS) is 46.4. The Labute approximate surface area is 155 Å². The summed E-state index contributed by atoms with van der Waals surface area (Å²) < 4.78 is 44.9. The largest absolute Gasteiger partial charge is 0.388 e. The highest BCUT2D eigenvalue weighted by Crippen LogP contribution is 2.26. The lowest BCUT2D eigenvalue weighted by molar-refractivity contribution is -0.286. The fourth-order valence-electron chi connectivity index (χ4n) is 3.07. The van der Waals surface area contributed by atoms with Crippen LogP contribution in [0.4, 0.5) is 0 Å². The van der Waals surface area contributed by atoms with Crippen molar-refractivity contribution in [1.82, 2.24) is 0 Å². The zero-order chi connectivity index (χ0) is 20.5. The molecule has 0 saturated carbocycles. The molecule has 2 rings (SSSR count). The molecule has 2 aliphatic rings. The summed E-state index contributed by atoms with van der Waals surface area (Å²) in [5.74, 6) is -1.55. The number of aliphatic hydroxyl groups is 6. The average molecular weight is 418 g/mol. The van der Waals surface area contributed by atoms with E-state index in [1.165, 1.54) is 14.2 Å². The molecule has 0 aromatic rings. The van der Waals surface area contributed by atoms with Gasteiger partial charge in [0.1, 0.15) is 48.8 Å². The summed E-state index contributed by atoms with van der Waals surface area (Å²) in [4.78, 5) is 0. The molecule has 0 amide bonds. The number of methoxy groups -OCH3 is 2. The fraction of sp³-hybridized carbons (Fsp3) is 1.00. The van der Waals surface area contributed by atoms with E-state index < -0.39 is 82.8 Å². The van der Waals surface area contributed by atoms with Gasteiger partial charge in [-0.2, -0.15) is 0 Å². The second-order valence-corrected chi connectivity index (χ2v) is 8.73. The van der Waals surface area contributed by atoms with E-state index >= 15 is 0 Å². The summed E-state index contributed by atoms with van der Waals surface area (Å²) in [5.41, 5.74) is 0. The average Bonchev–Trinajstić information content (AvgIpc) is 2.62. The fourth-order valence-corrected chi connectivity index (χ4v) is 4.76. The molecule has 27 heavy (non-hydrogen) atoms. The van der Waals surface area contributed by atoms with Crippen molar-refractivity contribution in [3.8, 4) is 0 Å². The van der Waals surface area contributed by atoms with Crippen LogP contribution in [0.15, 0.2) is 0 Å². The maximum absolute atomic E-state index is 12.5. The topological polar surface area (TPSA) is 192 Å².